The summed E-state index contributed by atoms with van der Waals surface area (Å²) in [6, 6.07) is 22.0. The molecule has 0 saturated carbocycles. The number of anilines is 1. The Balaban J connectivity index is 1.63. The maximum atomic E-state index is 14.1. The molecule has 220 valence electrons. The molecule has 1 amide bonds. The topological polar surface area (TPSA) is 96.0 Å². The van der Waals surface area contributed by atoms with Crippen molar-refractivity contribution in [3.05, 3.63) is 88.8 Å². The monoisotopic (exact) mass is 596 g/mol. The van der Waals surface area contributed by atoms with E-state index in [1.807, 2.05) is 61.5 Å². The molecule has 2 heterocycles. The van der Waals surface area contributed by atoms with E-state index >= 15 is 0 Å². The van der Waals surface area contributed by atoms with E-state index in [1.54, 1.807) is 53.4 Å². The van der Waals surface area contributed by atoms with Gasteiger partial charge in [-0.3, -0.25) is 4.79 Å². The largest absolute Gasteiger partial charge is 0.497 e. The van der Waals surface area contributed by atoms with Crippen LogP contribution in [-0.4, -0.2) is 44.3 Å². The van der Waals surface area contributed by atoms with Crippen LogP contribution < -0.4 is 19.5 Å². The summed E-state index contributed by atoms with van der Waals surface area (Å²) < 4.78 is 22.0. The van der Waals surface area contributed by atoms with Gasteiger partial charge >= 0.3 is 5.97 Å². The van der Waals surface area contributed by atoms with Gasteiger partial charge < -0.3 is 24.3 Å². The van der Waals surface area contributed by atoms with E-state index in [2.05, 4.69) is 5.32 Å². The van der Waals surface area contributed by atoms with Crippen molar-refractivity contribution in [2.24, 2.45) is 0 Å². The Bertz CT molecular complexity index is 1810. The smallest absolute Gasteiger partial charge is 0.342 e. The first-order chi connectivity index (χ1) is 20.7. The number of aromatic nitrogens is 1. The Morgan fingerprint density at radius 2 is 1.56 bits per heavy atom. The molecular weight excluding hydrogens is 564 g/mol. The number of nitrogens with one attached hydrogen (secondary N) is 1. The van der Waals surface area contributed by atoms with Crippen LogP contribution in [0.1, 0.15) is 39.4 Å². The summed E-state index contributed by atoms with van der Waals surface area (Å²) >= 11 is 1.32. The molecule has 8 nitrogen and oxygen atoms in total. The van der Waals surface area contributed by atoms with Crippen molar-refractivity contribution >= 4 is 39.1 Å². The number of thiophene rings is 1. The third-order valence-electron chi connectivity index (χ3n) is 6.88. The lowest BCUT2D eigenvalue weighted by molar-refractivity contribution is 0.0380. The van der Waals surface area contributed by atoms with Crippen LogP contribution in [0.2, 0.25) is 0 Å². The number of nitrogens with zero attached hydrogens (tertiary/aromatic N) is 1. The molecule has 43 heavy (non-hydrogen) atoms. The van der Waals surface area contributed by atoms with Crippen molar-refractivity contribution in [3.8, 4) is 39.6 Å². The number of carbonyl (C=O) groups excluding carboxylic acids is 2. The van der Waals surface area contributed by atoms with Crippen LogP contribution in [-0.2, 0) is 4.74 Å². The molecule has 0 aliphatic heterocycles. The zero-order chi connectivity index (χ0) is 30.7. The molecule has 0 unspecified atom stereocenters. The molecule has 5 rings (SSSR count). The molecule has 0 spiro atoms. The minimum Gasteiger partial charge on any atom is -0.497 e. The average Bonchev–Trinajstić information content (AvgIpc) is 3.34. The first-order valence-corrected chi connectivity index (χ1v) is 14.5. The van der Waals surface area contributed by atoms with Crippen LogP contribution in [0, 0.1) is 6.92 Å². The molecule has 3 aromatic carbocycles. The van der Waals surface area contributed by atoms with Gasteiger partial charge in [0.15, 0.2) is 0 Å². The molecule has 0 atom stereocenters. The maximum absolute atomic E-state index is 14.1. The zero-order valence-corrected chi connectivity index (χ0v) is 25.6. The first kappa shape index (κ1) is 29.6. The summed E-state index contributed by atoms with van der Waals surface area (Å²) in [6.07, 6.45) is -0.343. The van der Waals surface area contributed by atoms with Crippen LogP contribution in [0.4, 0.5) is 5.00 Å². The van der Waals surface area contributed by atoms with Gasteiger partial charge in [-0.25, -0.2) is 9.78 Å². The fourth-order valence-electron chi connectivity index (χ4n) is 4.89. The minimum absolute atomic E-state index is 0.308. The Morgan fingerprint density at radius 1 is 0.860 bits per heavy atom. The van der Waals surface area contributed by atoms with Crippen molar-refractivity contribution in [2.45, 2.75) is 26.9 Å². The highest BCUT2D eigenvalue weighted by atomic mass is 32.1. The third-order valence-corrected chi connectivity index (χ3v) is 7.90. The molecule has 0 radical (unpaired) electrons. The number of methoxy groups -OCH3 is 3. The number of carbonyl (C=O) groups is 2. The predicted octanol–water partition coefficient (Wildman–Crippen LogP) is 7.78. The number of ether oxygens (including phenoxy) is 4. The SMILES string of the molecule is COc1ccc(-c2c(C)sc(NC(=O)c3cc(-c4cc(OC)ccc4OC)nc4ccccc34)c2C(=O)OC(C)C)cc1. The number of amides is 1. The molecule has 5 aromatic rings. The molecule has 0 fully saturated rings. The van der Waals surface area contributed by atoms with Gasteiger partial charge in [-0.2, -0.15) is 0 Å². The van der Waals surface area contributed by atoms with E-state index in [1.165, 1.54) is 11.3 Å². The Kier molecular flexibility index (Phi) is 8.63. The van der Waals surface area contributed by atoms with Gasteiger partial charge in [-0.1, -0.05) is 30.3 Å². The van der Waals surface area contributed by atoms with Crippen molar-refractivity contribution in [2.75, 3.05) is 26.6 Å². The maximum Gasteiger partial charge on any atom is 0.342 e. The standard InChI is InChI=1S/C34H32N2O6S/c1-19(2)42-34(38)31-30(21-11-13-22(39-4)14-12-21)20(3)43-33(31)36-32(37)25-18-28(35-27-10-8-7-9-24(25)27)26-17-23(40-5)15-16-29(26)41-6/h7-19H,1-6H3,(H,36,37). The normalized spacial score (nSPS) is 11.0. The van der Waals surface area contributed by atoms with Crippen LogP contribution in [0.25, 0.3) is 33.3 Å². The Hall–Kier alpha value is -4.89. The number of esters is 1. The number of fused-ring (bicyclic) bond motifs is 1. The van der Waals surface area contributed by atoms with E-state index in [4.69, 9.17) is 23.9 Å². The highest BCUT2D eigenvalue weighted by Gasteiger charge is 2.27. The summed E-state index contributed by atoms with van der Waals surface area (Å²) in [5.41, 5.74) is 4.07. The minimum atomic E-state index is -0.512. The summed E-state index contributed by atoms with van der Waals surface area (Å²) in [5, 5.41) is 4.10. The average molecular weight is 597 g/mol. The molecular formula is C34H32N2O6S. The molecule has 9 heteroatoms. The van der Waals surface area contributed by atoms with Gasteiger partial charge in [0.1, 0.15) is 27.8 Å². The number of para-hydroxylation sites is 1. The van der Waals surface area contributed by atoms with Crippen molar-refractivity contribution in [3.63, 3.8) is 0 Å². The fraction of sp³-hybridized carbons (Fsp3) is 0.206. The van der Waals surface area contributed by atoms with Crippen LogP contribution in [0.3, 0.4) is 0 Å². The quantitative estimate of drug-likeness (QED) is 0.174. The van der Waals surface area contributed by atoms with E-state index in [0.717, 1.165) is 10.4 Å². The van der Waals surface area contributed by atoms with Crippen molar-refractivity contribution in [1.82, 2.24) is 4.98 Å². The van der Waals surface area contributed by atoms with Gasteiger partial charge in [0.25, 0.3) is 5.91 Å². The van der Waals surface area contributed by atoms with Crippen LogP contribution in [0.5, 0.6) is 17.2 Å². The highest BCUT2D eigenvalue weighted by Crippen LogP contribution is 2.42. The summed E-state index contributed by atoms with van der Waals surface area (Å²) in [6.45, 7) is 5.50. The Morgan fingerprint density at radius 3 is 2.23 bits per heavy atom. The van der Waals surface area contributed by atoms with Gasteiger partial charge in [-0.15, -0.1) is 11.3 Å². The van der Waals surface area contributed by atoms with E-state index < -0.39 is 5.97 Å². The number of hydrogen-bond donors (Lipinski definition) is 1. The summed E-state index contributed by atoms with van der Waals surface area (Å²) in [7, 11) is 4.77. The van der Waals surface area contributed by atoms with Gasteiger partial charge in [0.2, 0.25) is 0 Å². The molecule has 2 aromatic heterocycles. The van der Waals surface area contributed by atoms with Gasteiger partial charge in [-0.05, 0) is 68.8 Å². The van der Waals surface area contributed by atoms with Gasteiger partial charge in [0.05, 0.1) is 44.2 Å². The highest BCUT2D eigenvalue weighted by molar-refractivity contribution is 7.17. The number of aryl methyl sites for hydroxylation is 1. The second-order valence-electron chi connectivity index (χ2n) is 10.0. The lowest BCUT2D eigenvalue weighted by Crippen LogP contribution is -2.17. The second kappa shape index (κ2) is 12.5. The molecule has 0 aliphatic rings. The predicted molar refractivity (Wildman–Crippen MR) is 170 cm³/mol. The molecule has 1 N–H and O–H groups in total. The molecule has 0 aliphatic carbocycles. The van der Waals surface area contributed by atoms with E-state index in [0.29, 0.717) is 61.1 Å². The lowest BCUT2D eigenvalue weighted by Gasteiger charge is -2.14. The number of pyridine rings is 1. The van der Waals surface area contributed by atoms with Gasteiger partial charge in [0, 0.05) is 21.4 Å². The lowest BCUT2D eigenvalue weighted by atomic mass is 10.0. The number of hydrogen-bond acceptors (Lipinski definition) is 8. The number of benzene rings is 3. The van der Waals surface area contributed by atoms with E-state index in [-0.39, 0.29) is 12.0 Å². The van der Waals surface area contributed by atoms with Crippen LogP contribution >= 0.6 is 11.3 Å². The second-order valence-corrected chi connectivity index (χ2v) is 11.2. The molecule has 0 saturated heterocycles. The Labute approximate surface area is 254 Å². The zero-order valence-electron chi connectivity index (χ0n) is 24.8. The first-order valence-electron chi connectivity index (χ1n) is 13.7. The molecule has 0 bridgehead atoms. The third kappa shape index (κ3) is 6.03. The van der Waals surface area contributed by atoms with Crippen LogP contribution in [0.15, 0.2) is 72.8 Å². The summed E-state index contributed by atoms with van der Waals surface area (Å²) in [4.78, 5) is 33.2. The van der Waals surface area contributed by atoms with Crippen molar-refractivity contribution in [1.29, 1.82) is 0 Å². The van der Waals surface area contributed by atoms with Crippen molar-refractivity contribution < 1.29 is 28.5 Å². The van der Waals surface area contributed by atoms with E-state index in [9.17, 15) is 9.59 Å². The fourth-order valence-corrected chi connectivity index (χ4v) is 5.95. The number of rotatable bonds is 9. The summed E-state index contributed by atoms with van der Waals surface area (Å²) in [5.74, 6) is 1.02.